The molecule has 32 heavy (non-hydrogen) atoms. The third kappa shape index (κ3) is 8.84. The van der Waals surface area contributed by atoms with Gasteiger partial charge >= 0.3 is 12.3 Å². The van der Waals surface area contributed by atoms with Crippen molar-refractivity contribution in [2.75, 3.05) is 27.2 Å². The molecule has 0 radical (unpaired) electrons. The van der Waals surface area contributed by atoms with Gasteiger partial charge in [-0.3, -0.25) is 19.8 Å². The Balaban J connectivity index is 2.87. The summed E-state index contributed by atoms with van der Waals surface area (Å²) in [6.07, 6.45) is -4.26. The van der Waals surface area contributed by atoms with Crippen LogP contribution in [-0.2, 0) is 14.3 Å². The molecule has 3 atom stereocenters. The predicted molar refractivity (Wildman–Crippen MR) is 114 cm³/mol. The van der Waals surface area contributed by atoms with Crippen molar-refractivity contribution in [3.05, 3.63) is 0 Å². The zero-order valence-electron chi connectivity index (χ0n) is 20.0. The van der Waals surface area contributed by atoms with Crippen LogP contribution in [0.25, 0.3) is 0 Å². The maximum Gasteiger partial charge on any atom is 0.410 e. The highest BCUT2D eigenvalue weighted by Gasteiger charge is 2.43. The number of amides is 3. The van der Waals surface area contributed by atoms with Crippen molar-refractivity contribution >= 4 is 17.9 Å². The second kappa shape index (κ2) is 11.2. The Hall–Kier alpha value is -2.04. The fourth-order valence-electron chi connectivity index (χ4n) is 3.43. The molecule has 0 unspecified atom stereocenters. The summed E-state index contributed by atoms with van der Waals surface area (Å²) in [6, 6.07) is -4.05. The number of ether oxygens (including phenoxy) is 1. The van der Waals surface area contributed by atoms with E-state index in [4.69, 9.17) is 4.74 Å². The van der Waals surface area contributed by atoms with E-state index in [1.54, 1.807) is 20.8 Å². The summed E-state index contributed by atoms with van der Waals surface area (Å²) in [5.74, 6) is -1.16. The van der Waals surface area contributed by atoms with Crippen molar-refractivity contribution in [3.63, 3.8) is 0 Å². The summed E-state index contributed by atoms with van der Waals surface area (Å²) in [7, 11) is 2.96. The molecule has 2 N–H and O–H groups in total. The number of nitrogens with zero attached hydrogens (tertiary/aromatic N) is 2. The average Bonchev–Trinajstić information content (AvgIpc) is 3.10. The van der Waals surface area contributed by atoms with Gasteiger partial charge in [-0.2, -0.15) is 13.2 Å². The number of rotatable bonds is 8. The van der Waals surface area contributed by atoms with E-state index in [0.29, 0.717) is 19.4 Å². The molecule has 1 aliphatic heterocycles. The molecular weight excluding hydrogens is 429 g/mol. The maximum absolute atomic E-state index is 13.7. The normalized spacial score (nSPS) is 19.0. The van der Waals surface area contributed by atoms with Crippen molar-refractivity contribution < 1.29 is 32.3 Å². The molecule has 3 amide bonds. The van der Waals surface area contributed by atoms with E-state index < -0.39 is 54.4 Å². The Kier molecular flexibility index (Phi) is 9.80. The van der Waals surface area contributed by atoms with Crippen LogP contribution >= 0.6 is 0 Å². The molecular formula is C21H37F3N4O4. The second-order valence-corrected chi connectivity index (χ2v) is 9.75. The van der Waals surface area contributed by atoms with E-state index in [1.807, 2.05) is 13.8 Å². The Morgan fingerprint density at radius 1 is 1.16 bits per heavy atom. The zero-order chi connectivity index (χ0) is 24.9. The third-order valence-electron chi connectivity index (χ3n) is 4.91. The van der Waals surface area contributed by atoms with Gasteiger partial charge in [0.2, 0.25) is 11.8 Å². The lowest BCUT2D eigenvalue weighted by molar-refractivity contribution is -0.160. The van der Waals surface area contributed by atoms with Crippen LogP contribution in [0.1, 0.15) is 53.9 Å². The lowest BCUT2D eigenvalue weighted by Crippen LogP contribution is -2.58. The highest BCUT2D eigenvalue weighted by molar-refractivity contribution is 5.86. The highest BCUT2D eigenvalue weighted by Crippen LogP contribution is 2.23. The van der Waals surface area contributed by atoms with E-state index in [0.717, 1.165) is 0 Å². The molecule has 1 rings (SSSR count). The van der Waals surface area contributed by atoms with Crippen LogP contribution in [-0.4, -0.2) is 84.8 Å². The summed E-state index contributed by atoms with van der Waals surface area (Å²) in [5, 5.41) is 4.69. The van der Waals surface area contributed by atoms with Crippen molar-refractivity contribution in [2.24, 2.45) is 5.92 Å². The highest BCUT2D eigenvalue weighted by atomic mass is 19.4. The van der Waals surface area contributed by atoms with Crippen molar-refractivity contribution in [3.8, 4) is 0 Å². The van der Waals surface area contributed by atoms with E-state index >= 15 is 0 Å². The molecule has 0 saturated carbocycles. The first kappa shape index (κ1) is 28.0. The van der Waals surface area contributed by atoms with Crippen molar-refractivity contribution in [1.82, 2.24) is 20.4 Å². The van der Waals surface area contributed by atoms with Crippen LogP contribution in [0.15, 0.2) is 0 Å². The molecule has 1 fully saturated rings. The molecule has 1 saturated heterocycles. The zero-order valence-corrected chi connectivity index (χ0v) is 20.0. The van der Waals surface area contributed by atoms with Gasteiger partial charge in [-0.25, -0.2) is 4.79 Å². The van der Waals surface area contributed by atoms with Gasteiger partial charge < -0.3 is 15.0 Å². The molecule has 0 aromatic heterocycles. The van der Waals surface area contributed by atoms with Crippen LogP contribution in [0, 0.1) is 5.92 Å². The van der Waals surface area contributed by atoms with Gasteiger partial charge in [-0.1, -0.05) is 13.8 Å². The number of carbonyl (C=O) groups excluding carboxylic acids is 3. The van der Waals surface area contributed by atoms with E-state index in [9.17, 15) is 27.6 Å². The van der Waals surface area contributed by atoms with Gasteiger partial charge in [0.15, 0.2) is 0 Å². The number of halogens is 3. The standard InChI is InChI=1S/C21H37F3N4O4/c1-13(2)11-14(18(30)27(6)7)26-16(21(22,23)24)12-25-17(29)15-9-8-10-28(15)19(31)32-20(3,4)5/h13-16,26H,8-12H2,1-7H3,(H,25,29)/t14-,15-,16-/m0/s1. The number of hydrogen-bond acceptors (Lipinski definition) is 5. The van der Waals surface area contributed by atoms with Crippen molar-refractivity contribution in [2.45, 2.75) is 83.8 Å². The van der Waals surface area contributed by atoms with Gasteiger partial charge in [0.1, 0.15) is 17.7 Å². The molecule has 8 nitrogen and oxygen atoms in total. The van der Waals surface area contributed by atoms with Crippen LogP contribution in [0.2, 0.25) is 0 Å². The molecule has 11 heteroatoms. The molecule has 0 aromatic carbocycles. The molecule has 0 aromatic rings. The second-order valence-electron chi connectivity index (χ2n) is 9.75. The predicted octanol–water partition coefficient (Wildman–Crippen LogP) is 2.53. The summed E-state index contributed by atoms with van der Waals surface area (Å²) < 4.78 is 46.3. The Bertz CT molecular complexity index is 662. The van der Waals surface area contributed by atoms with E-state index in [-0.39, 0.29) is 12.3 Å². The minimum absolute atomic E-state index is 0.0132. The summed E-state index contributed by atoms with van der Waals surface area (Å²) >= 11 is 0. The number of likely N-dealkylation sites (N-methyl/N-ethyl adjacent to an activating group) is 1. The summed E-state index contributed by atoms with van der Waals surface area (Å²) in [5.41, 5.74) is -0.754. The van der Waals surface area contributed by atoms with Crippen LogP contribution in [0.3, 0.4) is 0 Å². The van der Waals surface area contributed by atoms with Gasteiger partial charge in [0, 0.05) is 27.2 Å². The molecule has 0 spiro atoms. The Morgan fingerprint density at radius 2 is 1.75 bits per heavy atom. The first-order valence-corrected chi connectivity index (χ1v) is 10.8. The van der Waals surface area contributed by atoms with Gasteiger partial charge in [-0.15, -0.1) is 0 Å². The number of carbonyl (C=O) groups is 3. The smallest absolute Gasteiger partial charge is 0.410 e. The fraction of sp³-hybridized carbons (Fsp3) is 0.857. The monoisotopic (exact) mass is 466 g/mol. The third-order valence-corrected chi connectivity index (χ3v) is 4.91. The Morgan fingerprint density at radius 3 is 2.22 bits per heavy atom. The van der Waals surface area contributed by atoms with Gasteiger partial charge in [-0.05, 0) is 46.0 Å². The number of alkyl halides is 3. The van der Waals surface area contributed by atoms with Crippen LogP contribution in [0.4, 0.5) is 18.0 Å². The average molecular weight is 467 g/mol. The van der Waals surface area contributed by atoms with E-state index in [1.165, 1.54) is 23.9 Å². The summed E-state index contributed by atoms with van der Waals surface area (Å²) in [6.45, 7) is 8.24. The number of nitrogens with one attached hydrogen (secondary N) is 2. The first-order chi connectivity index (χ1) is 14.5. The largest absolute Gasteiger partial charge is 0.444 e. The first-order valence-electron chi connectivity index (χ1n) is 10.8. The minimum Gasteiger partial charge on any atom is -0.444 e. The molecule has 0 aliphatic carbocycles. The number of hydrogen-bond donors (Lipinski definition) is 2. The summed E-state index contributed by atoms with van der Waals surface area (Å²) in [4.78, 5) is 39.8. The SMILES string of the molecule is CC(C)C[C@H](N[C@@H](CNC(=O)[C@@H]1CCCN1C(=O)OC(C)(C)C)C(F)(F)F)C(=O)N(C)C. The van der Waals surface area contributed by atoms with Gasteiger partial charge in [0.25, 0.3) is 0 Å². The molecule has 1 aliphatic rings. The van der Waals surface area contributed by atoms with E-state index in [2.05, 4.69) is 10.6 Å². The fourth-order valence-corrected chi connectivity index (χ4v) is 3.43. The number of likely N-dealkylation sites (tertiary alicyclic amines) is 1. The molecule has 0 bridgehead atoms. The van der Waals surface area contributed by atoms with Crippen LogP contribution < -0.4 is 10.6 Å². The van der Waals surface area contributed by atoms with Crippen molar-refractivity contribution in [1.29, 1.82) is 0 Å². The Labute approximate surface area is 188 Å². The van der Waals surface area contributed by atoms with Crippen LogP contribution in [0.5, 0.6) is 0 Å². The minimum atomic E-state index is -4.68. The van der Waals surface area contributed by atoms with Gasteiger partial charge in [0.05, 0.1) is 6.04 Å². The topological polar surface area (TPSA) is 91.0 Å². The quantitative estimate of drug-likeness (QED) is 0.574. The lowest BCUT2D eigenvalue weighted by atomic mass is 10.0. The molecule has 186 valence electrons. The molecule has 1 heterocycles. The maximum atomic E-state index is 13.7. The lowest BCUT2D eigenvalue weighted by Gasteiger charge is -2.31.